The van der Waals surface area contributed by atoms with Gasteiger partial charge in [-0.05, 0) is 60.7 Å². The molecule has 2 aromatic rings. The lowest BCUT2D eigenvalue weighted by atomic mass is 9.99. The van der Waals surface area contributed by atoms with Crippen LogP contribution in [0.4, 0.5) is 0 Å². The van der Waals surface area contributed by atoms with E-state index >= 15 is 0 Å². The summed E-state index contributed by atoms with van der Waals surface area (Å²) in [6.07, 6.45) is 2.51. The molecule has 6 nitrogen and oxygen atoms in total. The SMILES string of the molecule is COc1ccc2c(c1)CN(C(=O)c1cccc(S(=O)(=O)NC3CC3)c1)CC2. The summed E-state index contributed by atoms with van der Waals surface area (Å²) >= 11 is 0. The summed E-state index contributed by atoms with van der Waals surface area (Å²) in [5.41, 5.74) is 2.66. The number of hydrogen-bond acceptors (Lipinski definition) is 4. The van der Waals surface area contributed by atoms with Crippen molar-refractivity contribution in [2.24, 2.45) is 0 Å². The lowest BCUT2D eigenvalue weighted by Gasteiger charge is -2.29. The second kappa shape index (κ2) is 6.98. The molecule has 4 rings (SSSR count). The summed E-state index contributed by atoms with van der Waals surface area (Å²) < 4.78 is 32.8. The molecular formula is C20H22N2O4S. The first-order chi connectivity index (χ1) is 13.0. The molecule has 1 fully saturated rings. The zero-order valence-electron chi connectivity index (χ0n) is 15.1. The largest absolute Gasteiger partial charge is 0.497 e. The van der Waals surface area contributed by atoms with E-state index < -0.39 is 10.0 Å². The summed E-state index contributed by atoms with van der Waals surface area (Å²) in [5, 5.41) is 0. The van der Waals surface area contributed by atoms with E-state index in [0.717, 1.165) is 30.6 Å². The molecule has 1 aliphatic heterocycles. The lowest BCUT2D eigenvalue weighted by Crippen LogP contribution is -2.36. The van der Waals surface area contributed by atoms with Crippen LogP contribution in [0.2, 0.25) is 0 Å². The maximum Gasteiger partial charge on any atom is 0.254 e. The molecule has 1 amide bonds. The highest BCUT2D eigenvalue weighted by atomic mass is 32.2. The van der Waals surface area contributed by atoms with Crippen LogP contribution in [0.15, 0.2) is 47.4 Å². The summed E-state index contributed by atoms with van der Waals surface area (Å²) in [7, 11) is -1.96. The van der Waals surface area contributed by atoms with Crippen molar-refractivity contribution >= 4 is 15.9 Å². The van der Waals surface area contributed by atoms with Crippen LogP contribution < -0.4 is 9.46 Å². The average molecular weight is 386 g/mol. The van der Waals surface area contributed by atoms with Crippen molar-refractivity contribution in [3.63, 3.8) is 0 Å². The third-order valence-corrected chi connectivity index (χ3v) is 6.52. The fourth-order valence-electron chi connectivity index (χ4n) is 3.30. The van der Waals surface area contributed by atoms with Crippen molar-refractivity contribution < 1.29 is 17.9 Å². The van der Waals surface area contributed by atoms with Crippen LogP contribution in [0.1, 0.15) is 34.3 Å². The van der Waals surface area contributed by atoms with Crippen LogP contribution in [0, 0.1) is 0 Å². The van der Waals surface area contributed by atoms with E-state index in [4.69, 9.17) is 4.74 Å². The summed E-state index contributed by atoms with van der Waals surface area (Å²) in [5.74, 6) is 0.606. The number of hydrogen-bond donors (Lipinski definition) is 1. The molecule has 27 heavy (non-hydrogen) atoms. The number of carbonyl (C=O) groups excluding carboxylic acids is 1. The third-order valence-electron chi connectivity index (χ3n) is 5.00. The second-order valence-electron chi connectivity index (χ2n) is 7.03. The van der Waals surface area contributed by atoms with Crippen molar-refractivity contribution in [3.05, 3.63) is 59.2 Å². The molecule has 1 aliphatic carbocycles. The minimum atomic E-state index is -3.58. The number of rotatable bonds is 5. The minimum absolute atomic E-state index is 0.0305. The van der Waals surface area contributed by atoms with E-state index in [1.54, 1.807) is 24.1 Å². The molecule has 0 aromatic heterocycles. The predicted molar refractivity (Wildman–Crippen MR) is 101 cm³/mol. The molecule has 2 aromatic carbocycles. The summed E-state index contributed by atoms with van der Waals surface area (Å²) in [6, 6.07) is 12.2. The highest BCUT2D eigenvalue weighted by molar-refractivity contribution is 7.89. The molecule has 1 saturated carbocycles. The molecule has 0 atom stereocenters. The topological polar surface area (TPSA) is 75.7 Å². The van der Waals surface area contributed by atoms with Gasteiger partial charge in [-0.25, -0.2) is 13.1 Å². The van der Waals surface area contributed by atoms with E-state index in [2.05, 4.69) is 4.72 Å². The van der Waals surface area contributed by atoms with Crippen LogP contribution >= 0.6 is 0 Å². The molecule has 0 unspecified atom stereocenters. The zero-order chi connectivity index (χ0) is 19.0. The highest BCUT2D eigenvalue weighted by Gasteiger charge is 2.29. The van der Waals surface area contributed by atoms with Gasteiger partial charge in [0.05, 0.1) is 12.0 Å². The number of ether oxygens (including phenoxy) is 1. The van der Waals surface area contributed by atoms with Gasteiger partial charge in [0, 0.05) is 24.7 Å². The maximum atomic E-state index is 13.0. The Morgan fingerprint density at radius 3 is 2.70 bits per heavy atom. The Morgan fingerprint density at radius 1 is 1.15 bits per heavy atom. The molecule has 1 N–H and O–H groups in total. The average Bonchev–Trinajstić information content (AvgIpc) is 3.50. The lowest BCUT2D eigenvalue weighted by molar-refractivity contribution is 0.0734. The Balaban J connectivity index is 1.55. The molecule has 1 heterocycles. The van der Waals surface area contributed by atoms with Gasteiger partial charge in [-0.1, -0.05) is 12.1 Å². The smallest absolute Gasteiger partial charge is 0.254 e. The van der Waals surface area contributed by atoms with Crippen molar-refractivity contribution in [3.8, 4) is 5.75 Å². The van der Waals surface area contributed by atoms with Crippen LogP contribution in [-0.2, 0) is 23.0 Å². The van der Waals surface area contributed by atoms with E-state index in [1.165, 1.54) is 17.7 Å². The number of amides is 1. The van der Waals surface area contributed by atoms with Gasteiger partial charge >= 0.3 is 0 Å². The monoisotopic (exact) mass is 386 g/mol. The van der Waals surface area contributed by atoms with Gasteiger partial charge in [0.1, 0.15) is 5.75 Å². The van der Waals surface area contributed by atoms with E-state index in [1.807, 2.05) is 18.2 Å². The zero-order valence-corrected chi connectivity index (χ0v) is 16.0. The molecular weight excluding hydrogens is 364 g/mol. The number of fused-ring (bicyclic) bond motifs is 1. The summed E-state index contributed by atoms with van der Waals surface area (Å²) in [6.45, 7) is 1.10. The Bertz CT molecular complexity index is 983. The maximum absolute atomic E-state index is 13.0. The van der Waals surface area contributed by atoms with Crippen molar-refractivity contribution in [2.45, 2.75) is 36.7 Å². The molecule has 142 valence electrons. The van der Waals surface area contributed by atoms with Crippen molar-refractivity contribution in [1.29, 1.82) is 0 Å². The number of nitrogens with zero attached hydrogens (tertiary/aromatic N) is 1. The normalized spacial score (nSPS) is 16.7. The number of carbonyl (C=O) groups is 1. The van der Waals surface area contributed by atoms with Crippen LogP contribution in [0.25, 0.3) is 0 Å². The van der Waals surface area contributed by atoms with Gasteiger partial charge in [0.25, 0.3) is 5.91 Å². The van der Waals surface area contributed by atoms with Gasteiger partial charge < -0.3 is 9.64 Å². The highest BCUT2D eigenvalue weighted by Crippen LogP contribution is 2.26. The molecule has 0 bridgehead atoms. The van der Waals surface area contributed by atoms with E-state index in [-0.39, 0.29) is 16.8 Å². The van der Waals surface area contributed by atoms with Gasteiger partial charge in [-0.15, -0.1) is 0 Å². The Hall–Kier alpha value is -2.38. The Morgan fingerprint density at radius 2 is 1.96 bits per heavy atom. The van der Waals surface area contributed by atoms with Crippen LogP contribution in [0.3, 0.4) is 0 Å². The number of benzene rings is 2. The van der Waals surface area contributed by atoms with Crippen molar-refractivity contribution in [1.82, 2.24) is 9.62 Å². The van der Waals surface area contributed by atoms with Gasteiger partial charge in [-0.3, -0.25) is 4.79 Å². The van der Waals surface area contributed by atoms with Crippen molar-refractivity contribution in [2.75, 3.05) is 13.7 Å². The van der Waals surface area contributed by atoms with Crippen LogP contribution in [0.5, 0.6) is 5.75 Å². The third kappa shape index (κ3) is 3.84. The summed E-state index contributed by atoms with van der Waals surface area (Å²) in [4.78, 5) is 14.8. The minimum Gasteiger partial charge on any atom is -0.497 e. The van der Waals surface area contributed by atoms with E-state index in [0.29, 0.717) is 18.7 Å². The first kappa shape index (κ1) is 18.0. The van der Waals surface area contributed by atoms with E-state index in [9.17, 15) is 13.2 Å². The number of nitrogens with one attached hydrogen (secondary N) is 1. The molecule has 2 aliphatic rings. The standard InChI is InChI=1S/C20H22N2O4S/c1-26-18-8-5-14-9-10-22(13-16(14)11-18)20(23)15-3-2-4-19(12-15)27(24,25)21-17-6-7-17/h2-5,8,11-12,17,21H,6-7,9-10,13H2,1H3. The molecule has 0 spiro atoms. The van der Waals surface area contributed by atoms with Gasteiger partial charge in [-0.2, -0.15) is 0 Å². The predicted octanol–water partition coefficient (Wildman–Crippen LogP) is 2.33. The first-order valence-corrected chi connectivity index (χ1v) is 10.5. The van der Waals surface area contributed by atoms with Gasteiger partial charge in [0.2, 0.25) is 10.0 Å². The molecule has 7 heteroatoms. The van der Waals surface area contributed by atoms with Gasteiger partial charge in [0.15, 0.2) is 0 Å². The molecule has 0 radical (unpaired) electrons. The number of methoxy groups -OCH3 is 1. The number of sulfonamides is 1. The molecule has 0 saturated heterocycles. The first-order valence-electron chi connectivity index (χ1n) is 9.04. The Kier molecular flexibility index (Phi) is 4.65. The van der Waals surface area contributed by atoms with Crippen LogP contribution in [-0.4, -0.2) is 38.9 Å². The fourth-order valence-corrected chi connectivity index (χ4v) is 4.65. The second-order valence-corrected chi connectivity index (χ2v) is 8.75. The Labute approximate surface area is 159 Å². The quantitative estimate of drug-likeness (QED) is 0.856. The fraction of sp³-hybridized carbons (Fsp3) is 0.350.